The highest BCUT2D eigenvalue weighted by Crippen LogP contribution is 2.31. The van der Waals surface area contributed by atoms with Gasteiger partial charge in [0.05, 0.1) is 5.02 Å². The van der Waals surface area contributed by atoms with Crippen LogP contribution in [0.5, 0.6) is 5.75 Å². The van der Waals surface area contributed by atoms with Crippen molar-refractivity contribution < 1.29 is 4.74 Å². The molecule has 0 amide bonds. The predicted molar refractivity (Wildman–Crippen MR) is 87.5 cm³/mol. The Balaban J connectivity index is 2.21. The van der Waals surface area contributed by atoms with E-state index < -0.39 is 0 Å². The molecule has 0 radical (unpaired) electrons. The second kappa shape index (κ2) is 7.67. The van der Waals surface area contributed by atoms with E-state index in [1.807, 2.05) is 36.4 Å². The first kappa shape index (κ1) is 15.4. The minimum absolute atomic E-state index is 0.0667. The molecule has 0 saturated heterocycles. The maximum absolute atomic E-state index is 6.20. The average molecular weight is 355 g/mol. The molecule has 0 heterocycles. The molecule has 20 heavy (non-hydrogen) atoms. The van der Waals surface area contributed by atoms with Gasteiger partial charge in [-0.2, -0.15) is 0 Å². The summed E-state index contributed by atoms with van der Waals surface area (Å²) in [5.41, 5.74) is 1.13. The highest BCUT2D eigenvalue weighted by Gasteiger charge is 2.14. The molecule has 1 unspecified atom stereocenters. The van der Waals surface area contributed by atoms with Crippen LogP contribution < -0.4 is 10.1 Å². The zero-order valence-electron chi connectivity index (χ0n) is 11.3. The van der Waals surface area contributed by atoms with Crippen LogP contribution in [0.2, 0.25) is 5.02 Å². The Kier molecular flexibility index (Phi) is 5.89. The quantitative estimate of drug-likeness (QED) is 0.802. The Morgan fingerprint density at radius 3 is 2.65 bits per heavy atom. The van der Waals surface area contributed by atoms with Crippen molar-refractivity contribution in [2.24, 2.45) is 0 Å². The third-order valence-electron chi connectivity index (χ3n) is 2.91. The lowest BCUT2D eigenvalue weighted by atomic mass is 10.1. The van der Waals surface area contributed by atoms with Crippen LogP contribution >= 0.6 is 27.5 Å². The van der Waals surface area contributed by atoms with Gasteiger partial charge in [-0.15, -0.1) is 0 Å². The fourth-order valence-electron chi connectivity index (χ4n) is 1.89. The first-order chi connectivity index (χ1) is 9.70. The summed E-state index contributed by atoms with van der Waals surface area (Å²) in [6, 6.07) is 15.8. The van der Waals surface area contributed by atoms with Crippen LogP contribution in [0.25, 0.3) is 0 Å². The van der Waals surface area contributed by atoms with Gasteiger partial charge in [-0.1, -0.05) is 64.8 Å². The Bertz CT molecular complexity index is 547. The highest BCUT2D eigenvalue weighted by molar-refractivity contribution is 9.10. The van der Waals surface area contributed by atoms with Crippen molar-refractivity contribution >= 4 is 27.5 Å². The van der Waals surface area contributed by atoms with Crippen molar-refractivity contribution in [1.82, 2.24) is 5.32 Å². The smallest absolute Gasteiger partial charge is 0.140 e. The standard InChI is InChI=1S/C16H17BrClNO/c1-2-19-11-16(12-6-4-3-5-7-12)20-15-10-13(17)8-9-14(15)18/h3-10,16,19H,2,11H2,1H3. The maximum Gasteiger partial charge on any atom is 0.140 e. The molecule has 0 bridgehead atoms. The molecule has 0 spiro atoms. The van der Waals surface area contributed by atoms with E-state index in [1.165, 1.54) is 0 Å². The lowest BCUT2D eigenvalue weighted by Gasteiger charge is -2.21. The van der Waals surface area contributed by atoms with Crippen LogP contribution in [-0.4, -0.2) is 13.1 Å². The van der Waals surface area contributed by atoms with Gasteiger partial charge in [0.1, 0.15) is 11.9 Å². The van der Waals surface area contributed by atoms with Gasteiger partial charge in [-0.3, -0.25) is 0 Å². The summed E-state index contributed by atoms with van der Waals surface area (Å²) in [5, 5.41) is 3.94. The summed E-state index contributed by atoms with van der Waals surface area (Å²) < 4.78 is 7.04. The summed E-state index contributed by atoms with van der Waals surface area (Å²) in [5.74, 6) is 0.688. The molecule has 2 nitrogen and oxygen atoms in total. The predicted octanol–water partition coefficient (Wildman–Crippen LogP) is 4.83. The van der Waals surface area contributed by atoms with Crippen molar-refractivity contribution in [2.45, 2.75) is 13.0 Å². The number of likely N-dealkylation sites (N-methyl/N-ethyl adjacent to an activating group) is 1. The number of benzene rings is 2. The molecule has 0 fully saturated rings. The number of halogens is 2. The molecule has 4 heteroatoms. The van der Waals surface area contributed by atoms with Crippen LogP contribution in [0.4, 0.5) is 0 Å². The summed E-state index contributed by atoms with van der Waals surface area (Å²) in [6.45, 7) is 3.72. The van der Waals surface area contributed by atoms with Gasteiger partial charge >= 0.3 is 0 Å². The second-order valence-electron chi connectivity index (χ2n) is 4.40. The first-order valence-electron chi connectivity index (χ1n) is 6.58. The molecule has 1 atom stereocenters. The molecule has 2 aromatic rings. The molecule has 0 aliphatic rings. The van der Waals surface area contributed by atoms with E-state index in [-0.39, 0.29) is 6.10 Å². The van der Waals surface area contributed by atoms with Gasteiger partial charge in [-0.25, -0.2) is 0 Å². The van der Waals surface area contributed by atoms with Crippen molar-refractivity contribution in [1.29, 1.82) is 0 Å². The van der Waals surface area contributed by atoms with E-state index in [2.05, 4.69) is 40.3 Å². The van der Waals surface area contributed by atoms with Crippen molar-refractivity contribution in [3.8, 4) is 5.75 Å². The van der Waals surface area contributed by atoms with Crippen molar-refractivity contribution in [3.05, 3.63) is 63.6 Å². The molecule has 0 saturated carbocycles. The maximum atomic E-state index is 6.20. The fraction of sp³-hybridized carbons (Fsp3) is 0.250. The highest BCUT2D eigenvalue weighted by atomic mass is 79.9. The lowest BCUT2D eigenvalue weighted by Crippen LogP contribution is -2.25. The van der Waals surface area contributed by atoms with Gasteiger partial charge in [0.2, 0.25) is 0 Å². The van der Waals surface area contributed by atoms with Gasteiger partial charge in [0, 0.05) is 11.0 Å². The molecule has 2 aromatic carbocycles. The molecule has 0 aliphatic carbocycles. The number of hydrogen-bond acceptors (Lipinski definition) is 2. The molecular formula is C16H17BrClNO. The number of nitrogens with one attached hydrogen (secondary N) is 1. The first-order valence-corrected chi connectivity index (χ1v) is 7.75. The van der Waals surface area contributed by atoms with Gasteiger partial charge in [-0.05, 0) is 30.3 Å². The van der Waals surface area contributed by atoms with E-state index in [0.717, 1.165) is 23.1 Å². The van der Waals surface area contributed by atoms with E-state index in [0.29, 0.717) is 10.8 Å². The van der Waals surface area contributed by atoms with E-state index >= 15 is 0 Å². The normalized spacial score (nSPS) is 12.2. The second-order valence-corrected chi connectivity index (χ2v) is 5.72. The summed E-state index contributed by atoms with van der Waals surface area (Å²) in [4.78, 5) is 0. The van der Waals surface area contributed by atoms with Crippen molar-refractivity contribution in [2.75, 3.05) is 13.1 Å². The van der Waals surface area contributed by atoms with Crippen LogP contribution in [0.3, 0.4) is 0 Å². The SMILES string of the molecule is CCNCC(Oc1cc(Br)ccc1Cl)c1ccccc1. The Labute approximate surface area is 133 Å². The largest absolute Gasteiger partial charge is 0.483 e. The molecule has 2 rings (SSSR count). The third-order valence-corrected chi connectivity index (χ3v) is 3.72. The summed E-state index contributed by atoms with van der Waals surface area (Å²) >= 11 is 9.64. The molecular weight excluding hydrogens is 338 g/mol. The number of rotatable bonds is 6. The van der Waals surface area contributed by atoms with Crippen LogP contribution in [0, 0.1) is 0 Å². The summed E-state index contributed by atoms with van der Waals surface area (Å²) in [7, 11) is 0. The molecule has 0 aromatic heterocycles. The average Bonchev–Trinajstić information content (AvgIpc) is 2.48. The van der Waals surface area contributed by atoms with Crippen molar-refractivity contribution in [3.63, 3.8) is 0 Å². The molecule has 1 N–H and O–H groups in total. The zero-order valence-corrected chi connectivity index (χ0v) is 13.6. The van der Waals surface area contributed by atoms with Crippen LogP contribution in [0.1, 0.15) is 18.6 Å². The Hall–Kier alpha value is -1.03. The lowest BCUT2D eigenvalue weighted by molar-refractivity contribution is 0.202. The third kappa shape index (κ3) is 4.23. The Morgan fingerprint density at radius 1 is 1.20 bits per heavy atom. The van der Waals surface area contributed by atoms with Crippen LogP contribution in [-0.2, 0) is 0 Å². The minimum Gasteiger partial charge on any atom is -0.483 e. The Morgan fingerprint density at radius 2 is 1.95 bits per heavy atom. The van der Waals surface area contributed by atoms with E-state index in [9.17, 15) is 0 Å². The topological polar surface area (TPSA) is 21.3 Å². The summed E-state index contributed by atoms with van der Waals surface area (Å²) in [6.07, 6.45) is -0.0667. The van der Waals surface area contributed by atoms with E-state index in [1.54, 1.807) is 0 Å². The fourth-order valence-corrected chi connectivity index (χ4v) is 2.39. The number of hydrogen-bond donors (Lipinski definition) is 1. The molecule has 0 aliphatic heterocycles. The minimum atomic E-state index is -0.0667. The molecule has 106 valence electrons. The van der Waals surface area contributed by atoms with Gasteiger partial charge < -0.3 is 10.1 Å². The zero-order chi connectivity index (χ0) is 14.4. The number of ether oxygens (including phenoxy) is 1. The van der Waals surface area contributed by atoms with Gasteiger partial charge in [0.15, 0.2) is 0 Å². The van der Waals surface area contributed by atoms with Crippen LogP contribution in [0.15, 0.2) is 53.0 Å². The monoisotopic (exact) mass is 353 g/mol. The van der Waals surface area contributed by atoms with Gasteiger partial charge in [0.25, 0.3) is 0 Å². The van der Waals surface area contributed by atoms with E-state index in [4.69, 9.17) is 16.3 Å².